The molecule has 9 heteroatoms. The second kappa shape index (κ2) is 8.94. The minimum absolute atomic E-state index is 0.0626. The fourth-order valence-electron chi connectivity index (χ4n) is 4.69. The summed E-state index contributed by atoms with van der Waals surface area (Å²) in [7, 11) is -3.61. The van der Waals surface area contributed by atoms with Crippen molar-refractivity contribution < 1.29 is 17.5 Å². The van der Waals surface area contributed by atoms with Gasteiger partial charge in [-0.25, -0.2) is 27.8 Å². The van der Waals surface area contributed by atoms with E-state index in [1.165, 1.54) is 12.1 Å². The molecule has 0 aliphatic carbocycles. The van der Waals surface area contributed by atoms with Crippen molar-refractivity contribution in [1.82, 2.24) is 15.0 Å². The lowest BCUT2D eigenvalue weighted by Gasteiger charge is -2.34. The molecule has 0 spiro atoms. The second-order valence-corrected chi connectivity index (χ2v) is 11.0. The molecule has 34 heavy (non-hydrogen) atoms. The highest BCUT2D eigenvalue weighted by molar-refractivity contribution is 7.90. The van der Waals surface area contributed by atoms with Gasteiger partial charge in [0.2, 0.25) is 5.95 Å². The molecule has 2 aliphatic heterocycles. The van der Waals surface area contributed by atoms with Gasteiger partial charge in [-0.3, -0.25) is 0 Å². The molecule has 0 radical (unpaired) electrons. The third-order valence-electron chi connectivity index (χ3n) is 6.68. The zero-order valence-corrected chi connectivity index (χ0v) is 20.1. The van der Waals surface area contributed by atoms with Crippen LogP contribution in [0.3, 0.4) is 0 Å². The molecule has 0 amide bonds. The number of hydrogen-bond donors (Lipinski definition) is 0. The highest BCUT2D eigenvalue weighted by Crippen LogP contribution is 2.36. The maximum atomic E-state index is 14.4. The van der Waals surface area contributed by atoms with Crippen molar-refractivity contribution >= 4 is 15.8 Å². The highest BCUT2D eigenvalue weighted by Gasteiger charge is 2.34. The van der Waals surface area contributed by atoms with Gasteiger partial charge in [0.25, 0.3) is 0 Å². The van der Waals surface area contributed by atoms with Gasteiger partial charge >= 0.3 is 0 Å². The average Bonchev–Trinajstić information content (AvgIpc) is 3.27. The summed E-state index contributed by atoms with van der Waals surface area (Å²) in [6.45, 7) is 3.86. The van der Waals surface area contributed by atoms with Gasteiger partial charge < -0.3 is 9.64 Å². The minimum atomic E-state index is -3.61. The van der Waals surface area contributed by atoms with Crippen molar-refractivity contribution in [1.29, 1.82) is 0 Å². The van der Waals surface area contributed by atoms with E-state index in [0.29, 0.717) is 23.6 Å². The van der Waals surface area contributed by atoms with E-state index in [2.05, 4.69) is 21.8 Å². The standard InChI is InChI=1S/C25H27FN4O3S/c1-3-16-14-27-25(28-15-16)30-10-8-17(9-11-30)23-13-21-22(33-23)6-5-20(29-21)18-4-7-24(19(26)12-18)34(2,31)32/h4-7,12,14-15,17,23H,3,8-11,13H2,1-2H3. The number of benzene rings is 1. The van der Waals surface area contributed by atoms with Gasteiger partial charge in [0.05, 0.1) is 11.4 Å². The molecule has 3 aromatic rings. The molecule has 0 saturated carbocycles. The fourth-order valence-corrected chi connectivity index (χ4v) is 5.42. The summed E-state index contributed by atoms with van der Waals surface area (Å²) < 4.78 is 44.0. The van der Waals surface area contributed by atoms with Crippen LogP contribution in [0, 0.1) is 11.7 Å². The Hall–Kier alpha value is -3.07. The van der Waals surface area contributed by atoms with Gasteiger partial charge in [-0.2, -0.15) is 0 Å². The van der Waals surface area contributed by atoms with Gasteiger partial charge in [-0.15, -0.1) is 0 Å². The van der Waals surface area contributed by atoms with Crippen LogP contribution in [0.1, 0.15) is 31.0 Å². The summed E-state index contributed by atoms with van der Waals surface area (Å²) in [6.07, 6.45) is 8.47. The molecule has 2 aliphatic rings. The number of halogens is 1. The number of piperidine rings is 1. The van der Waals surface area contributed by atoms with Crippen molar-refractivity contribution in [3.05, 3.63) is 59.8 Å². The topological polar surface area (TPSA) is 85.3 Å². The number of rotatable bonds is 5. The van der Waals surface area contributed by atoms with Crippen LogP contribution in [0.2, 0.25) is 0 Å². The first-order valence-electron chi connectivity index (χ1n) is 11.5. The van der Waals surface area contributed by atoms with Crippen molar-refractivity contribution in [3.63, 3.8) is 0 Å². The molecular weight excluding hydrogens is 455 g/mol. The number of pyridine rings is 1. The summed E-state index contributed by atoms with van der Waals surface area (Å²) in [4.78, 5) is 15.6. The lowest BCUT2D eigenvalue weighted by atomic mass is 9.89. The Morgan fingerprint density at radius 2 is 1.85 bits per heavy atom. The second-order valence-electron chi connectivity index (χ2n) is 8.99. The van der Waals surface area contributed by atoms with Gasteiger partial charge in [0.1, 0.15) is 22.6 Å². The van der Waals surface area contributed by atoms with E-state index in [0.717, 1.165) is 61.6 Å². The zero-order valence-electron chi connectivity index (χ0n) is 19.2. The van der Waals surface area contributed by atoms with E-state index in [9.17, 15) is 12.8 Å². The molecule has 1 aromatic carbocycles. The zero-order chi connectivity index (χ0) is 23.9. The molecule has 2 aromatic heterocycles. The molecule has 0 N–H and O–H groups in total. The van der Waals surface area contributed by atoms with Crippen LogP contribution in [0.25, 0.3) is 11.3 Å². The number of hydrogen-bond acceptors (Lipinski definition) is 7. The summed E-state index contributed by atoms with van der Waals surface area (Å²) >= 11 is 0. The van der Waals surface area contributed by atoms with Crippen molar-refractivity contribution in [2.45, 2.75) is 43.6 Å². The van der Waals surface area contributed by atoms with Gasteiger partial charge in [-0.05, 0) is 55.0 Å². The number of aromatic nitrogens is 3. The first-order chi connectivity index (χ1) is 16.3. The van der Waals surface area contributed by atoms with Crippen LogP contribution in [-0.2, 0) is 22.7 Å². The Morgan fingerprint density at radius 1 is 1.12 bits per heavy atom. The molecule has 1 fully saturated rings. The lowest BCUT2D eigenvalue weighted by Crippen LogP contribution is -2.40. The number of nitrogens with zero attached hydrogens (tertiary/aromatic N) is 4. The highest BCUT2D eigenvalue weighted by atomic mass is 32.2. The number of fused-ring (bicyclic) bond motifs is 1. The third-order valence-corrected chi connectivity index (χ3v) is 7.81. The lowest BCUT2D eigenvalue weighted by molar-refractivity contribution is 0.138. The predicted molar refractivity (Wildman–Crippen MR) is 127 cm³/mol. The van der Waals surface area contributed by atoms with Crippen molar-refractivity contribution in [2.75, 3.05) is 24.2 Å². The Morgan fingerprint density at radius 3 is 2.50 bits per heavy atom. The molecule has 5 rings (SSSR count). The van der Waals surface area contributed by atoms with Crippen LogP contribution in [0.5, 0.6) is 5.75 Å². The Balaban J connectivity index is 1.25. The molecule has 1 unspecified atom stereocenters. The number of aryl methyl sites for hydroxylation is 1. The van der Waals surface area contributed by atoms with E-state index in [-0.39, 0.29) is 11.0 Å². The third kappa shape index (κ3) is 4.49. The van der Waals surface area contributed by atoms with E-state index in [1.807, 2.05) is 18.5 Å². The maximum absolute atomic E-state index is 14.4. The number of anilines is 1. The molecule has 1 atom stereocenters. The van der Waals surface area contributed by atoms with Crippen LogP contribution in [0.15, 0.2) is 47.6 Å². The maximum Gasteiger partial charge on any atom is 0.225 e. The SMILES string of the molecule is CCc1cnc(N2CCC(C3Cc4nc(-c5ccc(S(C)(=O)=O)c(F)c5)ccc4O3)CC2)nc1. The average molecular weight is 483 g/mol. The fraction of sp³-hybridized carbons (Fsp3) is 0.400. The predicted octanol–water partition coefficient (Wildman–Crippen LogP) is 3.86. The molecule has 178 valence electrons. The van der Waals surface area contributed by atoms with Crippen molar-refractivity contribution in [2.24, 2.45) is 5.92 Å². The number of sulfone groups is 1. The molecule has 1 saturated heterocycles. The summed E-state index contributed by atoms with van der Waals surface area (Å²) in [5.41, 5.74) is 3.13. The van der Waals surface area contributed by atoms with Crippen LogP contribution >= 0.6 is 0 Å². The van der Waals surface area contributed by atoms with E-state index < -0.39 is 15.7 Å². The summed E-state index contributed by atoms with van der Waals surface area (Å²) in [6, 6.07) is 7.77. The smallest absolute Gasteiger partial charge is 0.225 e. The molecule has 0 bridgehead atoms. The summed E-state index contributed by atoms with van der Waals surface area (Å²) in [5.74, 6) is 1.20. The van der Waals surface area contributed by atoms with E-state index in [4.69, 9.17) is 9.72 Å². The van der Waals surface area contributed by atoms with Gasteiger partial charge in [0.15, 0.2) is 9.84 Å². The molecule has 7 nitrogen and oxygen atoms in total. The first-order valence-corrected chi connectivity index (χ1v) is 13.4. The molecule has 4 heterocycles. The van der Waals surface area contributed by atoms with Gasteiger partial charge in [-0.1, -0.05) is 13.0 Å². The Bertz CT molecular complexity index is 1310. The molecular formula is C25H27FN4O3S. The van der Waals surface area contributed by atoms with Crippen LogP contribution < -0.4 is 9.64 Å². The van der Waals surface area contributed by atoms with E-state index in [1.54, 1.807) is 12.1 Å². The monoisotopic (exact) mass is 482 g/mol. The quantitative estimate of drug-likeness (QED) is 0.546. The minimum Gasteiger partial charge on any atom is -0.488 e. The first kappa shape index (κ1) is 22.7. The summed E-state index contributed by atoms with van der Waals surface area (Å²) in [5, 5.41) is 0. The Kier molecular flexibility index (Phi) is 5.97. The van der Waals surface area contributed by atoms with Crippen molar-refractivity contribution in [3.8, 4) is 17.0 Å². The van der Waals surface area contributed by atoms with Crippen LogP contribution in [0.4, 0.5) is 10.3 Å². The van der Waals surface area contributed by atoms with Gasteiger partial charge in [0, 0.05) is 43.7 Å². The normalized spacial score (nSPS) is 18.6. The largest absolute Gasteiger partial charge is 0.488 e. The number of ether oxygens (including phenoxy) is 1. The Labute approximate surface area is 199 Å². The van der Waals surface area contributed by atoms with E-state index >= 15 is 0 Å². The van der Waals surface area contributed by atoms with Crippen LogP contribution in [-0.4, -0.2) is 48.8 Å².